The molecule has 3 rings (SSSR count). The third kappa shape index (κ3) is 6.31. The fourth-order valence-corrected chi connectivity index (χ4v) is 5.02. The van der Waals surface area contributed by atoms with E-state index in [9.17, 15) is 9.59 Å². The predicted molar refractivity (Wildman–Crippen MR) is 124 cm³/mol. The highest BCUT2D eigenvalue weighted by Gasteiger charge is 2.51. The number of nitrogens with one attached hydrogen (secondary N) is 1. The molecule has 1 aliphatic carbocycles. The number of anilines is 1. The molecule has 4 atom stereocenters. The Kier molecular flexibility index (Phi) is 8.94. The molecule has 5 nitrogen and oxygen atoms in total. The lowest BCUT2D eigenvalue weighted by molar-refractivity contribution is -0.147. The van der Waals surface area contributed by atoms with Crippen molar-refractivity contribution in [3.05, 3.63) is 35.0 Å². The number of fused-ring (bicyclic) bond motifs is 1. The number of halogens is 1. The van der Waals surface area contributed by atoms with Crippen molar-refractivity contribution in [2.24, 2.45) is 17.8 Å². The maximum atomic E-state index is 13.2. The number of rotatable bonds is 11. The van der Waals surface area contributed by atoms with E-state index in [4.69, 9.17) is 16.3 Å². The molecule has 0 unspecified atom stereocenters. The van der Waals surface area contributed by atoms with Gasteiger partial charge >= 0.3 is 5.97 Å². The molecule has 170 valence electrons. The second kappa shape index (κ2) is 11.7. The minimum Gasteiger partial charge on any atom is -0.461 e. The number of pyridine rings is 1. The van der Waals surface area contributed by atoms with Crippen molar-refractivity contribution >= 4 is 29.3 Å². The molecule has 1 aromatic rings. The summed E-state index contributed by atoms with van der Waals surface area (Å²) in [6.45, 7) is 4.37. The van der Waals surface area contributed by atoms with Gasteiger partial charge in [0, 0.05) is 5.92 Å². The number of ether oxygens (including phenoxy) is 1. The van der Waals surface area contributed by atoms with Crippen LogP contribution in [0.3, 0.4) is 0 Å². The number of nitrogens with zero attached hydrogens (tertiary/aromatic N) is 1. The Morgan fingerprint density at radius 2 is 1.94 bits per heavy atom. The fraction of sp³-hybridized carbons (Fsp3) is 0.640. The number of esters is 1. The van der Waals surface area contributed by atoms with Crippen molar-refractivity contribution < 1.29 is 14.3 Å². The molecule has 31 heavy (non-hydrogen) atoms. The summed E-state index contributed by atoms with van der Waals surface area (Å²) in [5.74, 6) is -0.839. The number of hydrogen-bond acceptors (Lipinski definition) is 4. The van der Waals surface area contributed by atoms with Gasteiger partial charge < -0.3 is 10.1 Å². The number of amides is 1. The van der Waals surface area contributed by atoms with Gasteiger partial charge in [0.05, 0.1) is 11.8 Å². The van der Waals surface area contributed by atoms with Gasteiger partial charge in [-0.25, -0.2) is 4.98 Å². The van der Waals surface area contributed by atoms with Crippen molar-refractivity contribution in [1.29, 1.82) is 0 Å². The smallest absolute Gasteiger partial charge is 0.310 e. The monoisotopic (exact) mass is 446 g/mol. The van der Waals surface area contributed by atoms with Crippen molar-refractivity contribution in [3.8, 4) is 0 Å². The van der Waals surface area contributed by atoms with Gasteiger partial charge in [-0.2, -0.15) is 0 Å². The third-order valence-electron chi connectivity index (χ3n) is 6.47. The van der Waals surface area contributed by atoms with Gasteiger partial charge in [0.25, 0.3) is 0 Å². The summed E-state index contributed by atoms with van der Waals surface area (Å²) >= 11 is 5.97. The molecule has 1 amide bonds. The fourth-order valence-electron chi connectivity index (χ4n) is 4.85. The highest BCUT2D eigenvalue weighted by molar-refractivity contribution is 6.29. The summed E-state index contributed by atoms with van der Waals surface area (Å²) in [5, 5.41) is 3.21. The summed E-state index contributed by atoms with van der Waals surface area (Å²) in [6, 6.07) is 5.13. The van der Waals surface area contributed by atoms with Crippen molar-refractivity contribution in [2.45, 2.75) is 84.2 Å². The number of unbranched alkanes of at least 4 members (excludes halogenated alkanes) is 5. The van der Waals surface area contributed by atoms with Crippen LogP contribution in [0.15, 0.2) is 29.8 Å². The highest BCUT2D eigenvalue weighted by atomic mass is 35.5. The lowest BCUT2D eigenvalue weighted by Crippen LogP contribution is -2.38. The second-order valence-electron chi connectivity index (χ2n) is 8.86. The number of aromatic nitrogens is 1. The normalized spacial score (nSPS) is 25.0. The van der Waals surface area contributed by atoms with E-state index in [0.717, 1.165) is 38.5 Å². The van der Waals surface area contributed by atoms with Crippen LogP contribution in [-0.2, 0) is 14.3 Å². The highest BCUT2D eigenvalue weighted by Crippen LogP contribution is 2.45. The van der Waals surface area contributed by atoms with Crippen LogP contribution in [0, 0.1) is 17.8 Å². The van der Waals surface area contributed by atoms with Gasteiger partial charge in [-0.3, -0.25) is 9.59 Å². The topological polar surface area (TPSA) is 68.3 Å². The van der Waals surface area contributed by atoms with E-state index in [2.05, 4.69) is 30.2 Å². The number of allylic oxidation sites excluding steroid dienone is 1. The first-order valence-electron chi connectivity index (χ1n) is 11.9. The molecule has 0 radical (unpaired) electrons. The molecule has 0 saturated carbocycles. The van der Waals surface area contributed by atoms with E-state index < -0.39 is 11.8 Å². The van der Waals surface area contributed by atoms with E-state index in [1.807, 2.05) is 0 Å². The van der Waals surface area contributed by atoms with Crippen LogP contribution in [-0.4, -0.2) is 23.0 Å². The minimum atomic E-state index is -0.430. The lowest BCUT2D eigenvalue weighted by atomic mass is 9.70. The Morgan fingerprint density at radius 3 is 2.68 bits per heavy atom. The van der Waals surface area contributed by atoms with Gasteiger partial charge in [0.1, 0.15) is 17.1 Å². The third-order valence-corrected chi connectivity index (χ3v) is 6.68. The maximum absolute atomic E-state index is 13.2. The first kappa shape index (κ1) is 23.8. The zero-order valence-electron chi connectivity index (χ0n) is 18.7. The average molecular weight is 447 g/mol. The maximum Gasteiger partial charge on any atom is 0.310 e. The van der Waals surface area contributed by atoms with Crippen molar-refractivity contribution in [3.63, 3.8) is 0 Å². The Hall–Kier alpha value is -1.88. The Bertz CT molecular complexity index is 795. The van der Waals surface area contributed by atoms with Crippen LogP contribution in [0.1, 0.15) is 78.1 Å². The van der Waals surface area contributed by atoms with Gasteiger partial charge in [0.2, 0.25) is 5.91 Å². The number of carbonyl (C=O) groups excluding carboxylic acids is 2. The van der Waals surface area contributed by atoms with Crippen LogP contribution in [0.4, 0.5) is 5.82 Å². The molecule has 1 aromatic heterocycles. The summed E-state index contributed by atoms with van der Waals surface area (Å²) in [5.41, 5.74) is 1.29. The Labute approximate surface area is 191 Å². The Balaban J connectivity index is 1.77. The molecule has 2 aliphatic rings. The summed E-state index contributed by atoms with van der Waals surface area (Å²) < 4.78 is 5.80. The molecule has 2 heterocycles. The largest absolute Gasteiger partial charge is 0.461 e. The van der Waals surface area contributed by atoms with Crippen LogP contribution in [0.25, 0.3) is 0 Å². The molecule has 1 aliphatic heterocycles. The molecule has 0 spiro atoms. The van der Waals surface area contributed by atoms with E-state index in [1.165, 1.54) is 24.8 Å². The van der Waals surface area contributed by atoms with Crippen LogP contribution in [0.2, 0.25) is 5.15 Å². The van der Waals surface area contributed by atoms with Crippen molar-refractivity contribution in [1.82, 2.24) is 4.98 Å². The minimum absolute atomic E-state index is 0.0117. The first-order chi connectivity index (χ1) is 15.0. The zero-order valence-corrected chi connectivity index (χ0v) is 19.5. The summed E-state index contributed by atoms with van der Waals surface area (Å²) in [4.78, 5) is 30.2. The zero-order chi connectivity index (χ0) is 22.2. The molecule has 1 saturated heterocycles. The average Bonchev–Trinajstić information content (AvgIpc) is 3.06. The van der Waals surface area contributed by atoms with E-state index >= 15 is 0 Å². The van der Waals surface area contributed by atoms with Gasteiger partial charge in [-0.05, 0) is 44.2 Å². The van der Waals surface area contributed by atoms with Gasteiger partial charge in [-0.1, -0.05) is 75.3 Å². The van der Waals surface area contributed by atoms with E-state index in [1.54, 1.807) is 18.2 Å². The van der Waals surface area contributed by atoms with Gasteiger partial charge in [-0.15, -0.1) is 0 Å². The standard InChI is InChI=1S/C25H35ClN2O3/c1-3-5-7-9-11-17-15-18-20(12-8-6-4-2)31-25(30)23(18)19(16-17)24(29)28-22-14-10-13-21(26)27-22/h10,13-15,18-20,23H,3-9,11-12,16H2,1-2H3,(H,27,28,29)/t18-,19-,20+,23+/m1/s1. The lowest BCUT2D eigenvalue weighted by Gasteiger charge is -2.31. The molecule has 1 N–H and O–H groups in total. The van der Waals surface area contributed by atoms with E-state index in [-0.39, 0.29) is 23.9 Å². The van der Waals surface area contributed by atoms with Crippen molar-refractivity contribution in [2.75, 3.05) is 5.32 Å². The molecule has 1 fully saturated rings. The molecule has 0 aromatic carbocycles. The number of hydrogen-bond donors (Lipinski definition) is 1. The molecular weight excluding hydrogens is 412 g/mol. The Morgan fingerprint density at radius 1 is 1.16 bits per heavy atom. The quantitative estimate of drug-likeness (QED) is 0.186. The second-order valence-corrected chi connectivity index (χ2v) is 9.24. The molecular formula is C25H35ClN2O3. The number of cyclic esters (lactones) is 1. The van der Waals surface area contributed by atoms with Gasteiger partial charge in [0.15, 0.2) is 0 Å². The summed E-state index contributed by atoms with van der Waals surface area (Å²) in [6.07, 6.45) is 12.6. The predicted octanol–water partition coefficient (Wildman–Crippen LogP) is 6.33. The SMILES string of the molecule is CCCCCCC1=C[C@H]2[C@H](C(=O)O[C@H]2CCCCC)[C@H](C(=O)Nc2cccc(Cl)n2)C1. The molecule has 6 heteroatoms. The van der Waals surface area contributed by atoms with Crippen LogP contribution >= 0.6 is 11.6 Å². The van der Waals surface area contributed by atoms with E-state index in [0.29, 0.717) is 17.4 Å². The first-order valence-corrected chi connectivity index (χ1v) is 12.2. The number of carbonyl (C=O) groups is 2. The summed E-state index contributed by atoms with van der Waals surface area (Å²) in [7, 11) is 0. The van der Waals surface area contributed by atoms with Crippen LogP contribution < -0.4 is 5.32 Å². The van der Waals surface area contributed by atoms with Crippen LogP contribution in [0.5, 0.6) is 0 Å². The molecule has 0 bridgehead atoms.